The van der Waals surface area contributed by atoms with E-state index in [1.54, 1.807) is 0 Å². The highest BCUT2D eigenvalue weighted by atomic mass is 16.5. The van der Waals surface area contributed by atoms with Crippen molar-refractivity contribution in [1.82, 2.24) is 10.3 Å². The minimum Gasteiger partial charge on any atom is -0.487 e. The summed E-state index contributed by atoms with van der Waals surface area (Å²) < 4.78 is 6.12. The molecule has 0 aliphatic carbocycles. The highest BCUT2D eigenvalue weighted by Gasteiger charge is 2.33. The first kappa shape index (κ1) is 16.1. The van der Waals surface area contributed by atoms with Gasteiger partial charge in [-0.25, -0.2) is 0 Å². The maximum absolute atomic E-state index is 6.12. The topological polar surface area (TPSA) is 34.2 Å². The van der Waals surface area contributed by atoms with Crippen molar-refractivity contribution in [2.75, 3.05) is 6.54 Å². The highest BCUT2D eigenvalue weighted by Crippen LogP contribution is 2.39. The molecule has 3 aromatic rings. The number of para-hydroxylation sites is 2. The second-order valence-electron chi connectivity index (χ2n) is 7.35. The summed E-state index contributed by atoms with van der Waals surface area (Å²) >= 11 is 0. The van der Waals surface area contributed by atoms with Crippen LogP contribution in [0.25, 0.3) is 10.9 Å². The van der Waals surface area contributed by atoms with E-state index in [1.165, 1.54) is 16.5 Å². The second kappa shape index (κ2) is 6.49. The molecular weight excluding hydrogens is 308 g/mol. The molecule has 128 valence electrons. The third-order valence-electron chi connectivity index (χ3n) is 4.88. The molecule has 1 atom stereocenters. The van der Waals surface area contributed by atoms with Crippen molar-refractivity contribution >= 4 is 10.9 Å². The van der Waals surface area contributed by atoms with E-state index in [9.17, 15) is 0 Å². The van der Waals surface area contributed by atoms with Gasteiger partial charge < -0.3 is 10.1 Å². The molecule has 1 N–H and O–H groups in total. The summed E-state index contributed by atoms with van der Waals surface area (Å²) in [7, 11) is 0. The summed E-state index contributed by atoms with van der Waals surface area (Å²) in [5, 5.41) is 4.94. The van der Waals surface area contributed by atoms with E-state index in [1.807, 2.05) is 18.3 Å². The van der Waals surface area contributed by atoms with Crippen LogP contribution in [-0.4, -0.2) is 17.1 Å². The predicted molar refractivity (Wildman–Crippen MR) is 102 cm³/mol. The Morgan fingerprint density at radius 1 is 1.08 bits per heavy atom. The minimum absolute atomic E-state index is 0.146. The van der Waals surface area contributed by atoms with E-state index >= 15 is 0 Å². The Kier molecular flexibility index (Phi) is 4.18. The van der Waals surface area contributed by atoms with Crippen LogP contribution in [0.2, 0.25) is 0 Å². The molecule has 1 aromatic heterocycles. The zero-order valence-corrected chi connectivity index (χ0v) is 14.8. The van der Waals surface area contributed by atoms with Crippen LogP contribution >= 0.6 is 0 Å². The van der Waals surface area contributed by atoms with Crippen LogP contribution in [0.15, 0.2) is 60.8 Å². The fourth-order valence-electron chi connectivity index (χ4n) is 3.73. The Morgan fingerprint density at radius 3 is 2.84 bits per heavy atom. The molecule has 0 bridgehead atoms. The van der Waals surface area contributed by atoms with Crippen molar-refractivity contribution < 1.29 is 4.74 Å². The zero-order chi connectivity index (χ0) is 17.3. The Morgan fingerprint density at radius 2 is 1.92 bits per heavy atom. The van der Waals surface area contributed by atoms with Crippen LogP contribution in [0, 0.1) is 0 Å². The first-order valence-electron chi connectivity index (χ1n) is 8.96. The second-order valence-corrected chi connectivity index (χ2v) is 7.35. The molecular formula is C22H24N2O. The van der Waals surface area contributed by atoms with Gasteiger partial charge in [-0.1, -0.05) is 42.5 Å². The number of ether oxygens (including phenoxy) is 1. The van der Waals surface area contributed by atoms with Gasteiger partial charge >= 0.3 is 0 Å². The van der Waals surface area contributed by atoms with Crippen molar-refractivity contribution in [2.45, 2.75) is 38.3 Å². The van der Waals surface area contributed by atoms with Gasteiger partial charge in [0.05, 0.1) is 5.52 Å². The van der Waals surface area contributed by atoms with Crippen LogP contribution in [0.5, 0.6) is 5.75 Å². The molecule has 4 rings (SSSR count). The monoisotopic (exact) mass is 332 g/mol. The maximum Gasteiger partial charge on any atom is 0.124 e. The number of hydrogen-bond acceptors (Lipinski definition) is 3. The first-order chi connectivity index (χ1) is 12.1. The van der Waals surface area contributed by atoms with Crippen molar-refractivity contribution in [3.8, 4) is 5.75 Å². The molecule has 25 heavy (non-hydrogen) atoms. The molecule has 0 radical (unpaired) electrons. The smallest absolute Gasteiger partial charge is 0.124 e. The van der Waals surface area contributed by atoms with Gasteiger partial charge in [-0.3, -0.25) is 4.98 Å². The molecule has 0 spiro atoms. The number of nitrogens with zero attached hydrogens (tertiary/aromatic N) is 1. The number of fused-ring (bicyclic) bond motifs is 2. The predicted octanol–water partition coefficient (Wildman–Crippen LogP) is 4.67. The minimum atomic E-state index is -0.146. The quantitative estimate of drug-likeness (QED) is 0.754. The molecule has 0 fully saturated rings. The van der Waals surface area contributed by atoms with E-state index in [0.29, 0.717) is 6.04 Å². The average molecular weight is 332 g/mol. The summed E-state index contributed by atoms with van der Waals surface area (Å²) in [4.78, 5) is 4.56. The van der Waals surface area contributed by atoms with Crippen LogP contribution < -0.4 is 10.1 Å². The summed E-state index contributed by atoms with van der Waals surface area (Å²) in [5.74, 6) is 1.00. The normalized spacial score (nSPS) is 18.6. The maximum atomic E-state index is 6.12. The number of nitrogens with one attached hydrogen (secondary N) is 1. The Bertz CT molecular complexity index is 883. The Balaban J connectivity index is 1.50. The molecule has 2 aromatic carbocycles. The third kappa shape index (κ3) is 3.38. The number of aromatic nitrogens is 1. The fourth-order valence-corrected chi connectivity index (χ4v) is 3.73. The van der Waals surface area contributed by atoms with Crippen molar-refractivity contribution in [3.05, 3.63) is 71.9 Å². The summed E-state index contributed by atoms with van der Waals surface area (Å²) in [6.07, 6.45) is 3.81. The van der Waals surface area contributed by atoms with Gasteiger partial charge in [0.15, 0.2) is 0 Å². The van der Waals surface area contributed by atoms with Gasteiger partial charge in [-0.05, 0) is 44.5 Å². The standard InChI is InChI=1S/C22H24N2O/c1-22(2)15-19(18-10-3-4-11-20(18)25-22)23-14-12-17-8-5-7-16-9-6-13-24-21(16)17/h3-11,13,19,23H,12,14-15H2,1-2H3/t19-/m1/s1. The lowest BCUT2D eigenvalue weighted by molar-refractivity contribution is 0.0662. The number of benzene rings is 2. The van der Waals surface area contributed by atoms with Crippen molar-refractivity contribution in [3.63, 3.8) is 0 Å². The summed E-state index contributed by atoms with van der Waals surface area (Å²) in [6, 6.07) is 19.2. The van der Waals surface area contributed by atoms with Gasteiger partial charge in [-0.2, -0.15) is 0 Å². The molecule has 0 unspecified atom stereocenters. The van der Waals surface area contributed by atoms with Crippen LogP contribution in [0.1, 0.15) is 37.4 Å². The third-order valence-corrected chi connectivity index (χ3v) is 4.88. The number of hydrogen-bond donors (Lipinski definition) is 1. The molecule has 1 aliphatic rings. The Labute approximate surface area is 149 Å². The zero-order valence-electron chi connectivity index (χ0n) is 14.8. The summed E-state index contributed by atoms with van der Waals surface area (Å²) in [5.41, 5.74) is 3.52. The summed E-state index contributed by atoms with van der Waals surface area (Å²) in [6.45, 7) is 5.24. The van der Waals surface area contributed by atoms with Gasteiger partial charge in [-0.15, -0.1) is 0 Å². The van der Waals surface area contributed by atoms with Gasteiger partial charge in [0.25, 0.3) is 0 Å². The molecule has 2 heterocycles. The van der Waals surface area contributed by atoms with Crippen LogP contribution in [0.3, 0.4) is 0 Å². The van der Waals surface area contributed by atoms with Gasteiger partial charge in [0, 0.05) is 29.6 Å². The molecule has 0 saturated heterocycles. The van der Waals surface area contributed by atoms with Crippen molar-refractivity contribution in [2.24, 2.45) is 0 Å². The van der Waals surface area contributed by atoms with Gasteiger partial charge in [0.2, 0.25) is 0 Å². The van der Waals surface area contributed by atoms with E-state index in [4.69, 9.17) is 4.74 Å². The lowest BCUT2D eigenvalue weighted by Crippen LogP contribution is -2.40. The molecule has 1 aliphatic heterocycles. The number of rotatable bonds is 4. The molecule has 0 saturated carbocycles. The van der Waals surface area contributed by atoms with E-state index in [2.05, 4.69) is 66.6 Å². The lowest BCUT2D eigenvalue weighted by atomic mass is 9.89. The Hall–Kier alpha value is -2.39. The molecule has 3 heteroatoms. The molecule has 0 amide bonds. The highest BCUT2D eigenvalue weighted by molar-refractivity contribution is 5.81. The lowest BCUT2D eigenvalue weighted by Gasteiger charge is -2.38. The van der Waals surface area contributed by atoms with Crippen LogP contribution in [-0.2, 0) is 6.42 Å². The van der Waals surface area contributed by atoms with Crippen molar-refractivity contribution in [1.29, 1.82) is 0 Å². The van der Waals surface area contributed by atoms with Gasteiger partial charge in [0.1, 0.15) is 11.4 Å². The average Bonchev–Trinajstić information content (AvgIpc) is 2.61. The van der Waals surface area contributed by atoms with E-state index in [-0.39, 0.29) is 5.60 Å². The van der Waals surface area contributed by atoms with Crippen LogP contribution in [0.4, 0.5) is 0 Å². The molecule has 3 nitrogen and oxygen atoms in total. The van der Waals surface area contributed by atoms with E-state index in [0.717, 1.165) is 30.7 Å². The SMILES string of the molecule is CC1(C)C[C@@H](NCCc2cccc3cccnc23)c2ccccc2O1. The largest absolute Gasteiger partial charge is 0.487 e. The van der Waals surface area contributed by atoms with E-state index < -0.39 is 0 Å². The number of pyridine rings is 1. The fraction of sp³-hybridized carbons (Fsp3) is 0.318. The first-order valence-corrected chi connectivity index (χ1v) is 8.96.